The van der Waals surface area contributed by atoms with Crippen molar-refractivity contribution in [2.75, 3.05) is 24.3 Å². The molecule has 0 aliphatic carbocycles. The second-order valence-electron chi connectivity index (χ2n) is 4.50. The van der Waals surface area contributed by atoms with Crippen LogP contribution in [0.3, 0.4) is 0 Å². The highest BCUT2D eigenvalue weighted by molar-refractivity contribution is 9.10. The van der Waals surface area contributed by atoms with Crippen LogP contribution in [-0.2, 0) is 0 Å². The van der Waals surface area contributed by atoms with Crippen molar-refractivity contribution in [2.24, 2.45) is 0 Å². The minimum absolute atomic E-state index is 0.228. The van der Waals surface area contributed by atoms with E-state index in [1.54, 1.807) is 17.0 Å². The Morgan fingerprint density at radius 2 is 1.86 bits per heavy atom. The highest BCUT2D eigenvalue weighted by atomic mass is 79.9. The van der Waals surface area contributed by atoms with Gasteiger partial charge in [0.05, 0.1) is 11.9 Å². The third-order valence-electron chi connectivity index (χ3n) is 2.70. The SMILES string of the molecule is CN(C)c1ccc(NC(=O)c2c(F)cc(Br)cc2F)cn1. The highest BCUT2D eigenvalue weighted by Crippen LogP contribution is 2.21. The number of nitrogens with zero attached hydrogens (tertiary/aromatic N) is 2. The molecule has 2 rings (SSSR count). The van der Waals surface area contributed by atoms with Crippen LogP contribution in [-0.4, -0.2) is 25.0 Å². The number of benzene rings is 1. The summed E-state index contributed by atoms with van der Waals surface area (Å²) < 4.78 is 27.6. The molecule has 0 bridgehead atoms. The van der Waals surface area contributed by atoms with Gasteiger partial charge in [0.2, 0.25) is 0 Å². The van der Waals surface area contributed by atoms with Crippen molar-refractivity contribution in [3.05, 3.63) is 52.1 Å². The fourth-order valence-electron chi connectivity index (χ4n) is 1.68. The molecule has 0 spiro atoms. The van der Waals surface area contributed by atoms with Crippen LogP contribution < -0.4 is 10.2 Å². The Morgan fingerprint density at radius 1 is 1.24 bits per heavy atom. The molecule has 1 aromatic carbocycles. The Balaban J connectivity index is 2.22. The Bertz CT molecular complexity index is 651. The van der Waals surface area contributed by atoms with Gasteiger partial charge in [-0.3, -0.25) is 4.79 Å². The zero-order chi connectivity index (χ0) is 15.6. The molecule has 1 aromatic heterocycles. The average molecular weight is 356 g/mol. The van der Waals surface area contributed by atoms with Crippen LogP contribution in [0, 0.1) is 11.6 Å². The van der Waals surface area contributed by atoms with E-state index in [0.717, 1.165) is 12.1 Å². The van der Waals surface area contributed by atoms with Gasteiger partial charge in [0.1, 0.15) is 23.0 Å². The average Bonchev–Trinajstić information content (AvgIpc) is 2.37. The second-order valence-corrected chi connectivity index (χ2v) is 5.41. The third-order valence-corrected chi connectivity index (χ3v) is 3.16. The molecule has 0 fully saturated rings. The van der Waals surface area contributed by atoms with Gasteiger partial charge in [0.25, 0.3) is 5.91 Å². The number of hydrogen-bond acceptors (Lipinski definition) is 3. The predicted molar refractivity (Wildman–Crippen MR) is 80.6 cm³/mol. The van der Waals surface area contributed by atoms with Gasteiger partial charge >= 0.3 is 0 Å². The lowest BCUT2D eigenvalue weighted by molar-refractivity contribution is 0.101. The first-order valence-electron chi connectivity index (χ1n) is 5.97. The number of hydrogen-bond donors (Lipinski definition) is 1. The molecular formula is C14H12BrF2N3O. The maximum Gasteiger partial charge on any atom is 0.261 e. The van der Waals surface area contributed by atoms with E-state index in [4.69, 9.17) is 0 Å². The first-order chi connectivity index (χ1) is 9.88. The summed E-state index contributed by atoms with van der Waals surface area (Å²) in [6, 6.07) is 5.36. The fourth-order valence-corrected chi connectivity index (χ4v) is 2.08. The summed E-state index contributed by atoms with van der Waals surface area (Å²) in [4.78, 5) is 17.8. The van der Waals surface area contributed by atoms with Gasteiger partial charge in [0.15, 0.2) is 0 Å². The minimum Gasteiger partial charge on any atom is -0.363 e. The number of amides is 1. The van der Waals surface area contributed by atoms with Gasteiger partial charge < -0.3 is 10.2 Å². The molecule has 1 N–H and O–H groups in total. The summed E-state index contributed by atoms with van der Waals surface area (Å²) in [6.45, 7) is 0. The lowest BCUT2D eigenvalue weighted by Gasteiger charge is -2.12. The lowest BCUT2D eigenvalue weighted by atomic mass is 10.2. The maximum atomic E-state index is 13.7. The summed E-state index contributed by atoms with van der Waals surface area (Å²) in [5.74, 6) is -2.03. The highest BCUT2D eigenvalue weighted by Gasteiger charge is 2.18. The van der Waals surface area contributed by atoms with Crippen LogP contribution >= 0.6 is 15.9 Å². The van der Waals surface area contributed by atoms with Gasteiger partial charge in [-0.1, -0.05) is 15.9 Å². The first-order valence-corrected chi connectivity index (χ1v) is 6.77. The molecule has 0 aliphatic heterocycles. The van der Waals surface area contributed by atoms with Gasteiger partial charge in [-0.25, -0.2) is 13.8 Å². The van der Waals surface area contributed by atoms with Crippen molar-refractivity contribution >= 4 is 33.3 Å². The number of aromatic nitrogens is 1. The van der Waals surface area contributed by atoms with Crippen LogP contribution in [0.5, 0.6) is 0 Å². The molecule has 7 heteroatoms. The number of nitrogens with one attached hydrogen (secondary N) is 1. The van der Waals surface area contributed by atoms with E-state index < -0.39 is 23.1 Å². The van der Waals surface area contributed by atoms with Crippen molar-refractivity contribution in [2.45, 2.75) is 0 Å². The zero-order valence-corrected chi connectivity index (χ0v) is 12.9. The smallest absolute Gasteiger partial charge is 0.261 e. The van der Waals surface area contributed by atoms with E-state index in [0.29, 0.717) is 11.5 Å². The predicted octanol–water partition coefficient (Wildman–Crippen LogP) is 3.44. The van der Waals surface area contributed by atoms with E-state index in [2.05, 4.69) is 26.2 Å². The number of rotatable bonds is 3. The number of carbonyl (C=O) groups excluding carboxylic acids is 1. The van der Waals surface area contributed by atoms with E-state index in [9.17, 15) is 13.6 Å². The Hall–Kier alpha value is -2.02. The third kappa shape index (κ3) is 3.55. The Morgan fingerprint density at radius 3 is 2.33 bits per heavy atom. The number of halogens is 3. The molecule has 110 valence electrons. The topological polar surface area (TPSA) is 45.2 Å². The van der Waals surface area contributed by atoms with Gasteiger partial charge in [-0.2, -0.15) is 0 Å². The second kappa shape index (κ2) is 6.17. The Kier molecular flexibility index (Phi) is 4.52. The minimum atomic E-state index is -0.933. The molecule has 2 aromatic rings. The summed E-state index contributed by atoms with van der Waals surface area (Å²) in [5, 5.41) is 2.41. The molecule has 0 saturated heterocycles. The molecule has 4 nitrogen and oxygen atoms in total. The largest absolute Gasteiger partial charge is 0.363 e. The number of pyridine rings is 1. The van der Waals surface area contributed by atoms with Crippen molar-refractivity contribution in [1.82, 2.24) is 4.98 Å². The van der Waals surface area contributed by atoms with Crippen LogP contribution in [0.2, 0.25) is 0 Å². The van der Waals surface area contributed by atoms with Crippen LogP contribution in [0.4, 0.5) is 20.3 Å². The molecule has 0 radical (unpaired) electrons. The quantitative estimate of drug-likeness (QED) is 0.917. The van der Waals surface area contributed by atoms with E-state index in [1.807, 2.05) is 14.1 Å². The van der Waals surface area contributed by atoms with Crippen molar-refractivity contribution in [1.29, 1.82) is 0 Å². The van der Waals surface area contributed by atoms with Crippen molar-refractivity contribution in [3.8, 4) is 0 Å². The van der Waals surface area contributed by atoms with Crippen LogP contribution in [0.25, 0.3) is 0 Å². The van der Waals surface area contributed by atoms with Gasteiger partial charge in [-0.15, -0.1) is 0 Å². The first kappa shape index (κ1) is 15.4. The standard InChI is InChI=1S/C14H12BrF2N3O/c1-20(2)12-4-3-9(7-18-12)19-14(21)13-10(16)5-8(15)6-11(13)17/h3-7H,1-2H3,(H,19,21). The van der Waals surface area contributed by atoms with Crippen LogP contribution in [0.1, 0.15) is 10.4 Å². The maximum absolute atomic E-state index is 13.7. The number of carbonyl (C=O) groups is 1. The lowest BCUT2D eigenvalue weighted by Crippen LogP contribution is -2.16. The molecule has 0 atom stereocenters. The summed E-state index contributed by atoms with van der Waals surface area (Å²) in [7, 11) is 3.65. The molecule has 0 unspecified atom stereocenters. The van der Waals surface area contributed by atoms with E-state index in [1.165, 1.54) is 6.20 Å². The summed E-state index contributed by atoms with van der Waals surface area (Å²) in [5.41, 5.74) is -0.276. The molecule has 0 aliphatic rings. The zero-order valence-electron chi connectivity index (χ0n) is 11.3. The molecule has 0 saturated carbocycles. The number of anilines is 2. The Labute approximate surface area is 128 Å². The fraction of sp³-hybridized carbons (Fsp3) is 0.143. The van der Waals surface area contributed by atoms with E-state index >= 15 is 0 Å². The van der Waals surface area contributed by atoms with Gasteiger partial charge in [-0.05, 0) is 24.3 Å². The molecule has 1 heterocycles. The van der Waals surface area contributed by atoms with Crippen molar-refractivity contribution < 1.29 is 13.6 Å². The van der Waals surface area contributed by atoms with Crippen molar-refractivity contribution in [3.63, 3.8) is 0 Å². The summed E-state index contributed by atoms with van der Waals surface area (Å²) in [6.07, 6.45) is 1.42. The molecule has 21 heavy (non-hydrogen) atoms. The van der Waals surface area contributed by atoms with Gasteiger partial charge in [0, 0.05) is 18.6 Å². The monoisotopic (exact) mass is 355 g/mol. The molecular weight excluding hydrogens is 344 g/mol. The van der Waals surface area contributed by atoms with E-state index in [-0.39, 0.29) is 4.47 Å². The summed E-state index contributed by atoms with van der Waals surface area (Å²) >= 11 is 2.96. The normalized spacial score (nSPS) is 10.3. The van der Waals surface area contributed by atoms with Crippen LogP contribution in [0.15, 0.2) is 34.9 Å². The molecule has 1 amide bonds.